The van der Waals surface area contributed by atoms with Gasteiger partial charge in [-0.25, -0.2) is 19.5 Å². The summed E-state index contributed by atoms with van der Waals surface area (Å²) in [6.07, 6.45) is -0.496. The maximum Gasteiger partial charge on any atom is 0.488 e. The number of ether oxygens (including phenoxy) is 2. The largest absolute Gasteiger partial charge is 0.488 e. The molecule has 15 heteroatoms. The monoisotopic (exact) mass is 444 g/mol. The third kappa shape index (κ3) is 3.37. The second kappa shape index (κ2) is 7.34. The highest BCUT2D eigenvalue weighted by molar-refractivity contribution is 7.52. The second-order valence-corrected chi connectivity index (χ2v) is 8.64. The van der Waals surface area contributed by atoms with Gasteiger partial charge in [0.15, 0.2) is 17.7 Å². The molecule has 2 aromatic rings. The van der Waals surface area contributed by atoms with Gasteiger partial charge in [-0.1, -0.05) is 0 Å². The van der Waals surface area contributed by atoms with Crippen molar-refractivity contribution in [1.29, 1.82) is 0 Å². The number of aliphatic hydroxyl groups is 3. The van der Waals surface area contributed by atoms with Crippen LogP contribution in [0.25, 0.3) is 11.2 Å². The minimum absolute atomic E-state index is 0.154. The molecule has 164 valence electrons. The summed E-state index contributed by atoms with van der Waals surface area (Å²) in [6, 6.07) is 0. The molecule has 0 saturated carbocycles. The van der Waals surface area contributed by atoms with Crippen molar-refractivity contribution < 1.29 is 38.4 Å². The number of nitrogens with two attached hydrogens (primary N) is 1. The van der Waals surface area contributed by atoms with Crippen LogP contribution in [0.1, 0.15) is 20.1 Å². The lowest BCUT2D eigenvalue weighted by molar-refractivity contribution is -0.141. The average molecular weight is 444 g/mol. The van der Waals surface area contributed by atoms with E-state index < -0.39 is 44.5 Å². The van der Waals surface area contributed by atoms with E-state index in [1.54, 1.807) is 0 Å². The summed E-state index contributed by atoms with van der Waals surface area (Å²) in [5, 5.41) is 32.4. The van der Waals surface area contributed by atoms with Gasteiger partial charge in [0, 0.05) is 0 Å². The maximum atomic E-state index is 12.5. The Kier molecular flexibility index (Phi) is 5.08. The van der Waals surface area contributed by atoms with Crippen molar-refractivity contribution in [2.24, 2.45) is 0 Å². The van der Waals surface area contributed by atoms with Gasteiger partial charge in [-0.05, 0) is 13.8 Å². The van der Waals surface area contributed by atoms with Crippen LogP contribution in [0.4, 0.5) is 5.82 Å². The van der Waals surface area contributed by atoms with Crippen LogP contribution < -0.4 is 10.8 Å². The number of imidazole rings is 1. The molecule has 30 heavy (non-hydrogen) atoms. The molecule has 6 N–H and O–H groups in total. The van der Waals surface area contributed by atoms with Crippen LogP contribution in [0.5, 0.6) is 0 Å². The molecule has 0 aliphatic carbocycles. The van der Waals surface area contributed by atoms with Crippen LogP contribution >= 0.6 is 7.75 Å². The summed E-state index contributed by atoms with van der Waals surface area (Å²) >= 11 is 0. The number of aromatic nitrogens is 4. The number of rotatable bonds is 6. The molecule has 0 radical (unpaired) electrons. The number of fused-ring (bicyclic) bond motifs is 1. The Morgan fingerprint density at radius 1 is 1.43 bits per heavy atom. The van der Waals surface area contributed by atoms with Crippen LogP contribution in [0.15, 0.2) is 24.3 Å². The lowest BCUT2D eigenvalue weighted by atomic mass is 9.96. The molecule has 0 aromatic carbocycles. The Morgan fingerprint density at radius 3 is 2.87 bits per heavy atom. The highest BCUT2D eigenvalue weighted by Crippen LogP contribution is 2.52. The zero-order valence-electron chi connectivity index (χ0n) is 16.0. The summed E-state index contributed by atoms with van der Waals surface area (Å²) < 4.78 is 35.3. The summed E-state index contributed by atoms with van der Waals surface area (Å²) in [7, 11) is -3.86. The van der Waals surface area contributed by atoms with Gasteiger partial charge in [0.2, 0.25) is 0 Å². The Labute approximate surface area is 169 Å². The highest BCUT2D eigenvalue weighted by atomic mass is 31.2. The molecular formula is C15H21N6O8P. The van der Waals surface area contributed by atoms with E-state index >= 15 is 0 Å². The van der Waals surface area contributed by atoms with Crippen molar-refractivity contribution in [3.05, 3.63) is 24.3 Å². The van der Waals surface area contributed by atoms with Crippen molar-refractivity contribution in [2.45, 2.75) is 37.9 Å². The molecule has 2 aliphatic heterocycles. The Bertz CT molecular complexity index is 1020. The van der Waals surface area contributed by atoms with E-state index in [0.29, 0.717) is 11.2 Å². The van der Waals surface area contributed by atoms with Gasteiger partial charge in [-0.15, -0.1) is 0 Å². The van der Waals surface area contributed by atoms with Gasteiger partial charge >= 0.3 is 13.7 Å². The average Bonchev–Trinajstić information content (AvgIpc) is 3.29. The first-order valence-corrected chi connectivity index (χ1v) is 10.4. The first kappa shape index (κ1) is 20.8. The van der Waals surface area contributed by atoms with Gasteiger partial charge in [0.1, 0.15) is 36.4 Å². The third-order valence-corrected chi connectivity index (χ3v) is 6.36. The lowest BCUT2D eigenvalue weighted by Crippen LogP contribution is -2.46. The van der Waals surface area contributed by atoms with E-state index in [4.69, 9.17) is 24.3 Å². The number of anilines is 1. The number of allylic oxidation sites excluding steroid dienone is 1. The minimum Gasteiger partial charge on any atom is -0.479 e. The molecule has 5 atom stereocenters. The van der Waals surface area contributed by atoms with E-state index in [1.807, 2.05) is 0 Å². The van der Waals surface area contributed by atoms with E-state index in [1.165, 1.54) is 31.1 Å². The molecule has 2 unspecified atom stereocenters. The van der Waals surface area contributed by atoms with Crippen molar-refractivity contribution >= 4 is 24.7 Å². The van der Waals surface area contributed by atoms with Gasteiger partial charge in [-0.3, -0.25) is 14.2 Å². The molecule has 0 spiro atoms. The zero-order chi connectivity index (χ0) is 21.7. The fourth-order valence-electron chi connectivity index (χ4n) is 3.45. The van der Waals surface area contributed by atoms with Crippen LogP contribution in [0, 0.1) is 0 Å². The Hall–Kier alpha value is -2.48. The number of nitrogens with one attached hydrogen (secondary N) is 1. The van der Waals surface area contributed by atoms with Crippen molar-refractivity contribution in [3.63, 3.8) is 0 Å². The number of nitrogens with zero attached hydrogens (tertiary/aromatic N) is 4. The maximum absolute atomic E-state index is 12.5. The second-order valence-electron chi connectivity index (χ2n) is 6.98. The fraction of sp³-hybridized carbons (Fsp3) is 0.533. The molecule has 4 heterocycles. The Morgan fingerprint density at radius 2 is 2.20 bits per heavy atom. The summed E-state index contributed by atoms with van der Waals surface area (Å²) in [5.41, 5.74) is 4.92. The van der Waals surface area contributed by atoms with E-state index in [2.05, 4.69) is 20.0 Å². The van der Waals surface area contributed by atoms with Gasteiger partial charge in [-0.2, -0.15) is 0 Å². The van der Waals surface area contributed by atoms with Gasteiger partial charge in [0.05, 0.1) is 18.6 Å². The molecule has 2 aromatic heterocycles. The molecule has 0 bridgehead atoms. The number of aliphatic hydroxyl groups excluding tert-OH is 2. The van der Waals surface area contributed by atoms with Crippen LogP contribution in [0.2, 0.25) is 0 Å². The molecular weight excluding hydrogens is 423 g/mol. The number of hydrogen-bond acceptors (Lipinski definition) is 12. The molecule has 1 fully saturated rings. The normalized spacial score (nSPS) is 33.8. The van der Waals surface area contributed by atoms with Crippen molar-refractivity contribution in [3.8, 4) is 0 Å². The molecule has 1 saturated heterocycles. The van der Waals surface area contributed by atoms with Crippen LogP contribution in [-0.2, 0) is 23.1 Å². The predicted octanol–water partition coefficient (Wildman–Crippen LogP) is -0.117. The molecule has 14 nitrogen and oxygen atoms in total. The Balaban J connectivity index is 1.59. The van der Waals surface area contributed by atoms with Crippen LogP contribution in [0.3, 0.4) is 0 Å². The lowest BCUT2D eigenvalue weighted by Gasteiger charge is -2.29. The van der Waals surface area contributed by atoms with E-state index in [0.717, 1.165) is 0 Å². The summed E-state index contributed by atoms with van der Waals surface area (Å²) in [4.78, 5) is 12.2. The molecule has 4 rings (SSSR count). The van der Waals surface area contributed by atoms with Gasteiger partial charge < -0.3 is 35.1 Å². The SMILES string of the molecule is CC1=C(O)OP(=O)(OC[C@H]2O[C@@H](n3cnc4c(N)ncnc43)C(C)(O)[C@H]2OCO)N1. The summed E-state index contributed by atoms with van der Waals surface area (Å²) in [6.45, 7) is 1.84. The fourth-order valence-corrected chi connectivity index (χ4v) is 4.83. The van der Waals surface area contributed by atoms with Crippen LogP contribution in [-0.4, -0.2) is 66.0 Å². The van der Waals surface area contributed by atoms with E-state index in [-0.39, 0.29) is 18.1 Å². The highest BCUT2D eigenvalue weighted by Gasteiger charge is 2.55. The smallest absolute Gasteiger partial charge is 0.479 e. The minimum atomic E-state index is -3.86. The van der Waals surface area contributed by atoms with Crippen molar-refractivity contribution in [1.82, 2.24) is 24.6 Å². The van der Waals surface area contributed by atoms with E-state index in [9.17, 15) is 19.9 Å². The predicted molar refractivity (Wildman–Crippen MR) is 99.3 cm³/mol. The topological polar surface area (TPSA) is 196 Å². The standard InChI is InChI=1S/C15H21N6O8P/c1-7-13(23)29-30(25,20-7)27-3-8-10(26-6-22)15(2,24)14(28-8)21-5-19-9-11(16)17-4-18-12(9)21/h4-5,8,10,14,22-24H,3,6H2,1-2H3,(H,20,25)(H2,16,17,18)/t8-,10+,14-,15?,30?/m1/s1. The third-order valence-electron chi connectivity index (χ3n) is 4.85. The number of nitrogen functional groups attached to an aromatic ring is 1. The van der Waals surface area contributed by atoms with Gasteiger partial charge in [0.25, 0.3) is 0 Å². The zero-order valence-corrected chi connectivity index (χ0v) is 16.9. The van der Waals surface area contributed by atoms with Crippen molar-refractivity contribution in [2.75, 3.05) is 19.1 Å². The summed E-state index contributed by atoms with van der Waals surface area (Å²) in [5.74, 6) is -0.384. The molecule has 2 aliphatic rings. The quantitative estimate of drug-likeness (QED) is 0.292. The molecule has 0 amide bonds. The first-order valence-electron chi connectivity index (χ1n) is 8.82. The first-order chi connectivity index (χ1) is 14.2. The number of hydrogen-bond donors (Lipinski definition) is 5.